The third kappa shape index (κ3) is 3.04. The average molecular weight is 385 g/mol. The first-order chi connectivity index (χ1) is 13.0. The number of nitrogens with zero attached hydrogens (tertiary/aromatic N) is 2. The Morgan fingerprint density at radius 2 is 2.07 bits per heavy atom. The Morgan fingerprint density at radius 1 is 1.26 bits per heavy atom. The van der Waals surface area contributed by atoms with Crippen molar-refractivity contribution in [1.82, 2.24) is 15.2 Å². The van der Waals surface area contributed by atoms with Gasteiger partial charge in [-0.3, -0.25) is 14.5 Å². The van der Waals surface area contributed by atoms with Crippen molar-refractivity contribution in [2.24, 2.45) is 0 Å². The van der Waals surface area contributed by atoms with Crippen molar-refractivity contribution in [3.05, 3.63) is 58.7 Å². The molecule has 1 aliphatic heterocycles. The standard InChI is InChI=1S/C19H17ClN4O3/c20-13-7-8-15(21-10-13)22-16(25)11-24-17(26)19(23-18(24)27)9-3-5-12-4-1-2-6-14(12)19/h1-2,4,6-8,10H,3,5,9,11H2,(H,23,27)(H,21,22,25)/t19-/m0/s1. The highest BCUT2D eigenvalue weighted by atomic mass is 35.5. The molecule has 7 nitrogen and oxygen atoms in total. The average Bonchev–Trinajstić information content (AvgIpc) is 2.89. The fourth-order valence-electron chi connectivity index (χ4n) is 3.73. The van der Waals surface area contributed by atoms with Gasteiger partial charge in [0, 0.05) is 6.20 Å². The van der Waals surface area contributed by atoms with E-state index in [1.165, 1.54) is 6.20 Å². The van der Waals surface area contributed by atoms with E-state index in [0.717, 1.165) is 28.9 Å². The lowest BCUT2D eigenvalue weighted by Crippen LogP contribution is -2.47. The summed E-state index contributed by atoms with van der Waals surface area (Å²) >= 11 is 5.77. The van der Waals surface area contributed by atoms with Crippen LogP contribution in [0.3, 0.4) is 0 Å². The maximum atomic E-state index is 13.1. The molecule has 0 bridgehead atoms. The molecule has 1 aromatic heterocycles. The Labute approximate surface area is 160 Å². The van der Waals surface area contributed by atoms with Gasteiger partial charge in [0.2, 0.25) is 5.91 Å². The largest absolute Gasteiger partial charge is 0.325 e. The molecular weight excluding hydrogens is 368 g/mol. The van der Waals surface area contributed by atoms with E-state index in [4.69, 9.17) is 11.6 Å². The number of nitrogens with one attached hydrogen (secondary N) is 2. The number of benzene rings is 1. The molecule has 138 valence electrons. The molecule has 2 aliphatic rings. The zero-order valence-corrected chi connectivity index (χ0v) is 15.1. The van der Waals surface area contributed by atoms with Gasteiger partial charge in [-0.25, -0.2) is 9.78 Å². The second-order valence-corrected chi connectivity index (χ2v) is 7.08. The number of aryl methyl sites for hydroxylation is 1. The lowest BCUT2D eigenvalue weighted by Gasteiger charge is -2.33. The highest BCUT2D eigenvalue weighted by molar-refractivity contribution is 6.30. The van der Waals surface area contributed by atoms with E-state index in [-0.39, 0.29) is 12.5 Å². The van der Waals surface area contributed by atoms with Crippen molar-refractivity contribution in [3.8, 4) is 0 Å². The smallest absolute Gasteiger partial charge is 0.319 e. The van der Waals surface area contributed by atoms with Gasteiger partial charge in [0.1, 0.15) is 17.9 Å². The van der Waals surface area contributed by atoms with Gasteiger partial charge >= 0.3 is 6.03 Å². The number of carbonyl (C=O) groups is 3. The number of halogens is 1. The minimum Gasteiger partial charge on any atom is -0.319 e. The number of hydrogen-bond acceptors (Lipinski definition) is 4. The van der Waals surface area contributed by atoms with Crippen LogP contribution in [0.4, 0.5) is 10.6 Å². The number of imide groups is 1. The molecule has 0 radical (unpaired) electrons. The Balaban J connectivity index is 1.54. The molecule has 2 aromatic rings. The number of aromatic nitrogens is 1. The summed E-state index contributed by atoms with van der Waals surface area (Å²) in [5, 5.41) is 5.84. The van der Waals surface area contributed by atoms with E-state index in [1.54, 1.807) is 12.1 Å². The number of fused-ring (bicyclic) bond motifs is 2. The number of carbonyl (C=O) groups excluding carboxylic acids is 3. The van der Waals surface area contributed by atoms with Gasteiger partial charge in [-0.2, -0.15) is 0 Å². The van der Waals surface area contributed by atoms with Crippen molar-refractivity contribution in [1.29, 1.82) is 0 Å². The second kappa shape index (κ2) is 6.66. The van der Waals surface area contributed by atoms with Crippen LogP contribution in [0.15, 0.2) is 42.6 Å². The van der Waals surface area contributed by atoms with Gasteiger partial charge in [0.25, 0.3) is 5.91 Å². The summed E-state index contributed by atoms with van der Waals surface area (Å²) in [6.45, 7) is -0.376. The fourth-order valence-corrected chi connectivity index (χ4v) is 3.84. The summed E-state index contributed by atoms with van der Waals surface area (Å²) < 4.78 is 0. The molecule has 8 heteroatoms. The molecule has 4 amide bonds. The zero-order chi connectivity index (χ0) is 19.0. The van der Waals surface area contributed by atoms with E-state index in [1.807, 2.05) is 24.3 Å². The first-order valence-corrected chi connectivity index (χ1v) is 9.01. The first kappa shape index (κ1) is 17.5. The van der Waals surface area contributed by atoms with E-state index >= 15 is 0 Å². The molecule has 4 rings (SSSR count). The van der Waals surface area contributed by atoms with E-state index in [2.05, 4.69) is 15.6 Å². The number of urea groups is 1. The maximum absolute atomic E-state index is 13.1. The first-order valence-electron chi connectivity index (χ1n) is 8.63. The second-order valence-electron chi connectivity index (χ2n) is 6.65. The predicted molar refractivity (Wildman–Crippen MR) is 99.2 cm³/mol. The molecular formula is C19H17ClN4O3. The Morgan fingerprint density at radius 3 is 2.85 bits per heavy atom. The number of pyridine rings is 1. The maximum Gasteiger partial charge on any atom is 0.325 e. The summed E-state index contributed by atoms with van der Waals surface area (Å²) in [4.78, 5) is 42.8. The number of anilines is 1. The molecule has 2 N–H and O–H groups in total. The van der Waals surface area contributed by atoms with Crippen LogP contribution in [-0.4, -0.2) is 34.3 Å². The third-order valence-corrected chi connectivity index (χ3v) is 5.17. The van der Waals surface area contributed by atoms with Crippen LogP contribution in [0.2, 0.25) is 5.02 Å². The number of rotatable bonds is 3. The van der Waals surface area contributed by atoms with Crippen molar-refractivity contribution in [2.75, 3.05) is 11.9 Å². The fraction of sp³-hybridized carbons (Fsp3) is 0.263. The molecule has 0 saturated carbocycles. The molecule has 0 unspecified atom stereocenters. The van der Waals surface area contributed by atoms with Crippen LogP contribution in [0, 0.1) is 0 Å². The summed E-state index contributed by atoms with van der Waals surface area (Å²) in [5.74, 6) is -0.595. The van der Waals surface area contributed by atoms with Gasteiger partial charge in [-0.15, -0.1) is 0 Å². The summed E-state index contributed by atoms with van der Waals surface area (Å²) in [6.07, 6.45) is 3.58. The molecule has 27 heavy (non-hydrogen) atoms. The molecule has 1 atom stereocenters. The zero-order valence-electron chi connectivity index (χ0n) is 14.4. The van der Waals surface area contributed by atoms with Gasteiger partial charge in [0.05, 0.1) is 5.02 Å². The van der Waals surface area contributed by atoms with E-state index < -0.39 is 17.5 Å². The monoisotopic (exact) mass is 384 g/mol. The molecule has 2 heterocycles. The normalized spacial score (nSPS) is 21.1. The molecule has 1 aromatic carbocycles. The molecule has 1 aliphatic carbocycles. The van der Waals surface area contributed by atoms with Crippen LogP contribution in [0.25, 0.3) is 0 Å². The molecule has 1 saturated heterocycles. The lowest BCUT2D eigenvalue weighted by atomic mass is 9.76. The van der Waals surface area contributed by atoms with Crippen molar-refractivity contribution < 1.29 is 14.4 Å². The lowest BCUT2D eigenvalue weighted by molar-refractivity contribution is -0.134. The van der Waals surface area contributed by atoms with Crippen LogP contribution in [0.1, 0.15) is 24.0 Å². The summed E-state index contributed by atoms with van der Waals surface area (Å²) in [7, 11) is 0. The van der Waals surface area contributed by atoms with Crippen molar-refractivity contribution in [2.45, 2.75) is 24.8 Å². The minimum absolute atomic E-state index is 0.300. The molecule has 1 spiro atoms. The van der Waals surface area contributed by atoms with Gasteiger partial charge in [-0.1, -0.05) is 35.9 Å². The van der Waals surface area contributed by atoms with Crippen LogP contribution in [-0.2, 0) is 21.5 Å². The van der Waals surface area contributed by atoms with Gasteiger partial charge in [0.15, 0.2) is 0 Å². The Kier molecular flexibility index (Phi) is 4.31. The van der Waals surface area contributed by atoms with Crippen LogP contribution < -0.4 is 10.6 Å². The summed E-state index contributed by atoms with van der Waals surface area (Å²) in [5.41, 5.74) is 0.788. The summed E-state index contributed by atoms with van der Waals surface area (Å²) in [6, 6.07) is 10.2. The van der Waals surface area contributed by atoms with E-state index in [0.29, 0.717) is 17.3 Å². The predicted octanol–water partition coefficient (Wildman–Crippen LogP) is 2.46. The topological polar surface area (TPSA) is 91.4 Å². The minimum atomic E-state index is -1.08. The van der Waals surface area contributed by atoms with Gasteiger partial charge < -0.3 is 10.6 Å². The van der Waals surface area contributed by atoms with Gasteiger partial charge in [-0.05, 0) is 42.5 Å². The quantitative estimate of drug-likeness (QED) is 0.795. The highest BCUT2D eigenvalue weighted by Gasteiger charge is 2.54. The SMILES string of the molecule is O=C(CN1C(=O)N[C@]2(CCCc3ccccc32)C1=O)Nc1ccc(Cl)cn1. The third-order valence-electron chi connectivity index (χ3n) is 4.95. The number of hydrogen-bond donors (Lipinski definition) is 2. The highest BCUT2D eigenvalue weighted by Crippen LogP contribution is 2.39. The molecule has 1 fully saturated rings. The van der Waals surface area contributed by atoms with Crippen LogP contribution >= 0.6 is 11.6 Å². The van der Waals surface area contributed by atoms with E-state index in [9.17, 15) is 14.4 Å². The van der Waals surface area contributed by atoms with Crippen molar-refractivity contribution >= 4 is 35.3 Å². The van der Waals surface area contributed by atoms with Crippen LogP contribution in [0.5, 0.6) is 0 Å². The Hall–Kier alpha value is -2.93. The number of amides is 4. The van der Waals surface area contributed by atoms with Crippen molar-refractivity contribution in [3.63, 3.8) is 0 Å². The Bertz CT molecular complexity index is 931.